The first-order valence-electron chi connectivity index (χ1n) is 8.03. The standard InChI is InChI=1S/C19H20N2O3/c20-15-8-3-7-14(11-15)19(23)24-12-18(22)21-17-10-4-6-13-5-1-2-9-16(13)17/h1-3,5,7-9,11,17H,4,6,10,12,20H2,(H,21,22)/t17-/m0/s1. The summed E-state index contributed by atoms with van der Waals surface area (Å²) in [6, 6.07) is 14.6. The Morgan fingerprint density at radius 1 is 1.17 bits per heavy atom. The van der Waals surface area contributed by atoms with Gasteiger partial charge in [-0.2, -0.15) is 0 Å². The topological polar surface area (TPSA) is 81.4 Å². The summed E-state index contributed by atoms with van der Waals surface area (Å²) in [6.07, 6.45) is 2.96. The Morgan fingerprint density at radius 2 is 2.00 bits per heavy atom. The van der Waals surface area contributed by atoms with Crippen LogP contribution in [0.5, 0.6) is 0 Å². The second-order valence-electron chi connectivity index (χ2n) is 5.91. The molecule has 124 valence electrons. The van der Waals surface area contributed by atoms with Crippen molar-refractivity contribution in [1.82, 2.24) is 5.32 Å². The molecular formula is C19H20N2O3. The van der Waals surface area contributed by atoms with E-state index in [1.807, 2.05) is 18.2 Å². The highest BCUT2D eigenvalue weighted by molar-refractivity contribution is 5.92. The normalized spacial score (nSPS) is 16.1. The Hall–Kier alpha value is -2.82. The molecule has 1 aliphatic carbocycles. The van der Waals surface area contributed by atoms with Gasteiger partial charge >= 0.3 is 5.97 Å². The van der Waals surface area contributed by atoms with Crippen LogP contribution in [-0.2, 0) is 16.0 Å². The van der Waals surface area contributed by atoms with Crippen LogP contribution in [0.25, 0.3) is 0 Å². The van der Waals surface area contributed by atoms with Gasteiger partial charge in [0.05, 0.1) is 11.6 Å². The first-order chi connectivity index (χ1) is 11.6. The van der Waals surface area contributed by atoms with Gasteiger partial charge in [-0.3, -0.25) is 4.79 Å². The van der Waals surface area contributed by atoms with Gasteiger partial charge in [0.15, 0.2) is 6.61 Å². The van der Waals surface area contributed by atoms with Crippen LogP contribution in [0.1, 0.15) is 40.4 Å². The van der Waals surface area contributed by atoms with Crippen molar-refractivity contribution in [1.29, 1.82) is 0 Å². The lowest BCUT2D eigenvalue weighted by atomic mass is 9.88. The molecule has 0 unspecified atom stereocenters. The number of nitrogens with two attached hydrogens (primary N) is 1. The molecule has 1 atom stereocenters. The van der Waals surface area contributed by atoms with Crippen LogP contribution in [-0.4, -0.2) is 18.5 Å². The van der Waals surface area contributed by atoms with Crippen molar-refractivity contribution in [3.05, 3.63) is 65.2 Å². The average molecular weight is 324 g/mol. The van der Waals surface area contributed by atoms with E-state index in [0.29, 0.717) is 11.3 Å². The summed E-state index contributed by atoms with van der Waals surface area (Å²) in [5.41, 5.74) is 8.87. The lowest BCUT2D eigenvalue weighted by Gasteiger charge is -2.26. The van der Waals surface area contributed by atoms with E-state index in [2.05, 4.69) is 11.4 Å². The van der Waals surface area contributed by atoms with Crippen LogP contribution < -0.4 is 11.1 Å². The van der Waals surface area contributed by atoms with Gasteiger partial charge in [0.2, 0.25) is 0 Å². The molecule has 3 N–H and O–H groups in total. The van der Waals surface area contributed by atoms with Gasteiger partial charge in [-0.1, -0.05) is 30.3 Å². The number of carbonyl (C=O) groups is 2. The molecule has 2 aromatic carbocycles. The van der Waals surface area contributed by atoms with Crippen LogP contribution in [0.3, 0.4) is 0 Å². The minimum Gasteiger partial charge on any atom is -0.452 e. The van der Waals surface area contributed by atoms with Gasteiger partial charge in [-0.25, -0.2) is 4.79 Å². The van der Waals surface area contributed by atoms with Crippen LogP contribution in [0.4, 0.5) is 5.69 Å². The van der Waals surface area contributed by atoms with Crippen LogP contribution in [0.2, 0.25) is 0 Å². The zero-order chi connectivity index (χ0) is 16.9. The first kappa shape index (κ1) is 16.1. The summed E-state index contributed by atoms with van der Waals surface area (Å²) < 4.78 is 5.07. The second-order valence-corrected chi connectivity index (χ2v) is 5.91. The Labute approximate surface area is 140 Å². The molecule has 5 nitrogen and oxygen atoms in total. The van der Waals surface area contributed by atoms with Gasteiger partial charge in [0.25, 0.3) is 5.91 Å². The number of nitrogen functional groups attached to an aromatic ring is 1. The Kier molecular flexibility index (Phi) is 4.79. The number of ether oxygens (including phenoxy) is 1. The van der Waals surface area contributed by atoms with Crippen molar-refractivity contribution < 1.29 is 14.3 Å². The highest BCUT2D eigenvalue weighted by atomic mass is 16.5. The van der Waals surface area contributed by atoms with Crippen molar-refractivity contribution in [3.8, 4) is 0 Å². The third-order valence-corrected chi connectivity index (χ3v) is 4.16. The monoisotopic (exact) mass is 324 g/mol. The van der Waals surface area contributed by atoms with E-state index in [0.717, 1.165) is 24.8 Å². The summed E-state index contributed by atoms with van der Waals surface area (Å²) >= 11 is 0. The minimum absolute atomic E-state index is 0.0199. The van der Waals surface area contributed by atoms with E-state index in [1.54, 1.807) is 18.2 Å². The highest BCUT2D eigenvalue weighted by Crippen LogP contribution is 2.29. The molecule has 24 heavy (non-hydrogen) atoms. The molecule has 0 aromatic heterocycles. The van der Waals surface area contributed by atoms with Crippen molar-refractivity contribution in [2.75, 3.05) is 12.3 Å². The molecule has 0 spiro atoms. The van der Waals surface area contributed by atoms with Crippen LogP contribution >= 0.6 is 0 Å². The molecule has 1 amide bonds. The largest absolute Gasteiger partial charge is 0.452 e. The van der Waals surface area contributed by atoms with Gasteiger partial charge in [-0.15, -0.1) is 0 Å². The smallest absolute Gasteiger partial charge is 0.338 e. The number of amides is 1. The number of hydrogen-bond acceptors (Lipinski definition) is 4. The SMILES string of the molecule is Nc1cccc(C(=O)OCC(=O)N[C@H]2CCCc3ccccc32)c1. The van der Waals surface area contributed by atoms with E-state index in [4.69, 9.17) is 10.5 Å². The molecule has 0 aliphatic heterocycles. The number of rotatable bonds is 4. The van der Waals surface area contributed by atoms with Gasteiger partial charge in [0, 0.05) is 5.69 Å². The summed E-state index contributed by atoms with van der Waals surface area (Å²) in [6.45, 7) is -0.299. The van der Waals surface area contributed by atoms with Gasteiger partial charge < -0.3 is 15.8 Å². The number of carbonyl (C=O) groups excluding carboxylic acids is 2. The Bertz CT molecular complexity index is 758. The minimum atomic E-state index is -0.554. The molecule has 2 aromatic rings. The van der Waals surface area contributed by atoms with Crippen LogP contribution in [0, 0.1) is 0 Å². The number of aryl methyl sites for hydroxylation is 1. The molecule has 0 fully saturated rings. The molecule has 0 saturated carbocycles. The number of anilines is 1. The molecule has 5 heteroatoms. The van der Waals surface area contributed by atoms with Crippen molar-refractivity contribution in [3.63, 3.8) is 0 Å². The number of esters is 1. The molecule has 1 aliphatic rings. The molecule has 0 heterocycles. The van der Waals surface area contributed by atoms with E-state index >= 15 is 0 Å². The number of fused-ring (bicyclic) bond motifs is 1. The van der Waals surface area contributed by atoms with Crippen LogP contribution in [0.15, 0.2) is 48.5 Å². The van der Waals surface area contributed by atoms with Gasteiger partial charge in [0.1, 0.15) is 0 Å². The molecule has 0 radical (unpaired) electrons. The average Bonchev–Trinajstić information content (AvgIpc) is 2.60. The lowest BCUT2D eigenvalue weighted by Crippen LogP contribution is -2.34. The predicted molar refractivity (Wildman–Crippen MR) is 91.4 cm³/mol. The molecular weight excluding hydrogens is 304 g/mol. The van der Waals surface area contributed by atoms with Gasteiger partial charge in [-0.05, 0) is 48.6 Å². The van der Waals surface area contributed by atoms with E-state index in [9.17, 15) is 9.59 Å². The fraction of sp³-hybridized carbons (Fsp3) is 0.263. The lowest BCUT2D eigenvalue weighted by molar-refractivity contribution is -0.125. The molecule has 3 rings (SSSR count). The third kappa shape index (κ3) is 3.74. The number of nitrogens with one attached hydrogen (secondary N) is 1. The Balaban J connectivity index is 1.56. The second kappa shape index (κ2) is 7.17. The predicted octanol–water partition coefficient (Wildman–Crippen LogP) is 2.62. The van der Waals surface area contributed by atoms with E-state index in [-0.39, 0.29) is 18.6 Å². The fourth-order valence-corrected chi connectivity index (χ4v) is 3.02. The summed E-state index contributed by atoms with van der Waals surface area (Å²) in [4.78, 5) is 24.0. The summed E-state index contributed by atoms with van der Waals surface area (Å²) in [5, 5.41) is 2.95. The zero-order valence-electron chi connectivity index (χ0n) is 13.3. The Morgan fingerprint density at radius 3 is 2.83 bits per heavy atom. The van der Waals surface area contributed by atoms with Crippen molar-refractivity contribution >= 4 is 17.6 Å². The maximum absolute atomic E-state index is 12.1. The highest BCUT2D eigenvalue weighted by Gasteiger charge is 2.21. The van der Waals surface area contributed by atoms with E-state index in [1.165, 1.54) is 11.6 Å². The quantitative estimate of drug-likeness (QED) is 0.669. The maximum atomic E-state index is 12.1. The first-order valence-corrected chi connectivity index (χ1v) is 8.03. The number of hydrogen-bond donors (Lipinski definition) is 2. The zero-order valence-corrected chi connectivity index (χ0v) is 13.3. The third-order valence-electron chi connectivity index (χ3n) is 4.16. The molecule has 0 saturated heterocycles. The van der Waals surface area contributed by atoms with Crippen molar-refractivity contribution in [2.45, 2.75) is 25.3 Å². The maximum Gasteiger partial charge on any atom is 0.338 e. The molecule has 0 bridgehead atoms. The summed E-state index contributed by atoms with van der Waals surface area (Å²) in [5.74, 6) is -0.851. The van der Waals surface area contributed by atoms with E-state index < -0.39 is 5.97 Å². The number of benzene rings is 2. The summed E-state index contributed by atoms with van der Waals surface area (Å²) in [7, 11) is 0. The van der Waals surface area contributed by atoms with Crippen molar-refractivity contribution in [2.24, 2.45) is 0 Å². The fourth-order valence-electron chi connectivity index (χ4n) is 3.02.